The van der Waals surface area contributed by atoms with Gasteiger partial charge < -0.3 is 4.74 Å². The lowest BCUT2D eigenvalue weighted by molar-refractivity contribution is 0.112. The molecule has 0 radical (unpaired) electrons. The molecule has 19 heavy (non-hydrogen) atoms. The number of benzene rings is 2. The van der Waals surface area contributed by atoms with Gasteiger partial charge in [0.2, 0.25) is 0 Å². The van der Waals surface area contributed by atoms with Gasteiger partial charge in [0.1, 0.15) is 23.7 Å². The van der Waals surface area contributed by atoms with Gasteiger partial charge in [-0.3, -0.25) is 4.79 Å². The standard InChI is InChI=1S/C14H9F3O2/c1-8-2-9(7-18)3-13(17)14(8)19-12-5-10(15)4-11(16)6-12/h2-7H,1H3. The molecule has 2 nitrogen and oxygen atoms in total. The van der Waals surface area contributed by atoms with Crippen LogP contribution in [-0.4, -0.2) is 6.29 Å². The highest BCUT2D eigenvalue weighted by Crippen LogP contribution is 2.29. The van der Waals surface area contributed by atoms with Crippen molar-refractivity contribution in [2.24, 2.45) is 0 Å². The van der Waals surface area contributed by atoms with Gasteiger partial charge in [0.05, 0.1) is 0 Å². The molecule has 5 heteroatoms. The van der Waals surface area contributed by atoms with E-state index in [1.165, 1.54) is 13.0 Å². The van der Waals surface area contributed by atoms with Crippen molar-refractivity contribution in [3.05, 3.63) is 58.9 Å². The summed E-state index contributed by atoms with van der Waals surface area (Å²) < 4.78 is 44.8. The number of hydrogen-bond donors (Lipinski definition) is 0. The van der Waals surface area contributed by atoms with Gasteiger partial charge in [0.15, 0.2) is 11.6 Å². The van der Waals surface area contributed by atoms with Crippen LogP contribution in [0.25, 0.3) is 0 Å². The van der Waals surface area contributed by atoms with Crippen molar-refractivity contribution in [2.45, 2.75) is 6.92 Å². The number of carbonyl (C=O) groups is 1. The topological polar surface area (TPSA) is 26.3 Å². The molecule has 0 aliphatic heterocycles. The maximum absolute atomic E-state index is 13.7. The number of halogens is 3. The van der Waals surface area contributed by atoms with Crippen molar-refractivity contribution in [3.8, 4) is 11.5 Å². The number of rotatable bonds is 3. The summed E-state index contributed by atoms with van der Waals surface area (Å²) in [6.07, 6.45) is 0.502. The Kier molecular flexibility index (Phi) is 3.55. The maximum atomic E-state index is 13.7. The van der Waals surface area contributed by atoms with E-state index >= 15 is 0 Å². The zero-order chi connectivity index (χ0) is 14.0. The van der Waals surface area contributed by atoms with Crippen LogP contribution in [0.4, 0.5) is 13.2 Å². The molecule has 0 heterocycles. The van der Waals surface area contributed by atoms with Gasteiger partial charge in [-0.25, -0.2) is 13.2 Å². The fourth-order valence-electron chi connectivity index (χ4n) is 1.66. The number of aryl methyl sites for hydroxylation is 1. The minimum absolute atomic E-state index is 0.154. The van der Waals surface area contributed by atoms with E-state index in [1.54, 1.807) is 0 Å². The summed E-state index contributed by atoms with van der Waals surface area (Å²) >= 11 is 0. The summed E-state index contributed by atoms with van der Waals surface area (Å²) in [5.74, 6) is -2.74. The van der Waals surface area contributed by atoms with Gasteiger partial charge in [-0.15, -0.1) is 0 Å². The molecule has 0 spiro atoms. The minimum Gasteiger partial charge on any atom is -0.454 e. The zero-order valence-corrected chi connectivity index (χ0v) is 9.91. The van der Waals surface area contributed by atoms with E-state index in [0.717, 1.165) is 18.2 Å². The predicted molar refractivity (Wildman–Crippen MR) is 63.0 cm³/mol. The Morgan fingerprint density at radius 1 is 1.00 bits per heavy atom. The molecule has 0 saturated heterocycles. The lowest BCUT2D eigenvalue weighted by atomic mass is 10.1. The molecule has 2 rings (SSSR count). The quantitative estimate of drug-likeness (QED) is 0.784. The molecule has 0 aromatic heterocycles. The molecule has 0 aliphatic rings. The average molecular weight is 266 g/mol. The Balaban J connectivity index is 2.40. The first kappa shape index (κ1) is 13.1. The highest BCUT2D eigenvalue weighted by Gasteiger charge is 2.12. The van der Waals surface area contributed by atoms with E-state index in [2.05, 4.69) is 0 Å². The van der Waals surface area contributed by atoms with Crippen LogP contribution in [-0.2, 0) is 0 Å². The SMILES string of the molecule is Cc1cc(C=O)cc(F)c1Oc1cc(F)cc(F)c1. The molecule has 0 atom stereocenters. The molecule has 0 bridgehead atoms. The summed E-state index contributed by atoms with van der Waals surface area (Å²) in [7, 11) is 0. The summed E-state index contributed by atoms with van der Waals surface area (Å²) in [5, 5.41) is 0. The first-order valence-corrected chi connectivity index (χ1v) is 5.39. The van der Waals surface area contributed by atoms with Crippen molar-refractivity contribution in [1.82, 2.24) is 0 Å². The molecule has 0 saturated carbocycles. The van der Waals surface area contributed by atoms with Gasteiger partial charge in [0, 0.05) is 23.8 Å². The lowest BCUT2D eigenvalue weighted by Crippen LogP contribution is -1.95. The molecular formula is C14H9F3O2. The lowest BCUT2D eigenvalue weighted by Gasteiger charge is -2.10. The van der Waals surface area contributed by atoms with Gasteiger partial charge in [-0.2, -0.15) is 0 Å². The third kappa shape index (κ3) is 2.93. The molecule has 0 amide bonds. The molecular weight excluding hydrogens is 257 g/mol. The van der Waals surface area contributed by atoms with Crippen LogP contribution in [0.1, 0.15) is 15.9 Å². The maximum Gasteiger partial charge on any atom is 0.166 e. The minimum atomic E-state index is -0.822. The van der Waals surface area contributed by atoms with Crippen LogP contribution < -0.4 is 4.74 Å². The van der Waals surface area contributed by atoms with Crippen LogP contribution in [0.5, 0.6) is 11.5 Å². The Labute approximate surface area is 107 Å². The van der Waals surface area contributed by atoms with Crippen molar-refractivity contribution in [3.63, 3.8) is 0 Å². The van der Waals surface area contributed by atoms with E-state index in [-0.39, 0.29) is 17.1 Å². The van der Waals surface area contributed by atoms with Gasteiger partial charge >= 0.3 is 0 Å². The van der Waals surface area contributed by atoms with E-state index in [1.807, 2.05) is 0 Å². The van der Waals surface area contributed by atoms with Crippen LogP contribution in [0.15, 0.2) is 30.3 Å². The van der Waals surface area contributed by atoms with E-state index in [9.17, 15) is 18.0 Å². The fourth-order valence-corrected chi connectivity index (χ4v) is 1.66. The molecule has 0 fully saturated rings. The van der Waals surface area contributed by atoms with Crippen LogP contribution in [0.2, 0.25) is 0 Å². The van der Waals surface area contributed by atoms with Crippen molar-refractivity contribution in [2.75, 3.05) is 0 Å². The molecule has 98 valence electrons. The first-order chi connectivity index (χ1) is 8.99. The average Bonchev–Trinajstić information content (AvgIpc) is 2.32. The zero-order valence-electron chi connectivity index (χ0n) is 9.91. The predicted octanol–water partition coefficient (Wildman–Crippen LogP) is 4.02. The third-order valence-corrected chi connectivity index (χ3v) is 2.44. The molecule has 0 aliphatic carbocycles. The molecule has 2 aromatic rings. The van der Waals surface area contributed by atoms with E-state index in [4.69, 9.17) is 4.74 Å². The van der Waals surface area contributed by atoms with Crippen molar-refractivity contribution >= 4 is 6.29 Å². The molecule has 0 unspecified atom stereocenters. The highest BCUT2D eigenvalue weighted by atomic mass is 19.1. The van der Waals surface area contributed by atoms with Crippen LogP contribution >= 0.6 is 0 Å². The summed E-state index contributed by atoms with van der Waals surface area (Å²) in [6.45, 7) is 1.53. The molecule has 0 N–H and O–H groups in total. The Morgan fingerprint density at radius 3 is 2.16 bits per heavy atom. The second-order valence-electron chi connectivity index (χ2n) is 3.97. The highest BCUT2D eigenvalue weighted by molar-refractivity contribution is 5.75. The summed E-state index contributed by atoms with van der Waals surface area (Å²) in [6, 6.07) is 4.98. The van der Waals surface area contributed by atoms with Crippen LogP contribution in [0, 0.1) is 24.4 Å². The smallest absolute Gasteiger partial charge is 0.166 e. The number of carbonyl (C=O) groups excluding carboxylic acids is 1. The number of aldehydes is 1. The summed E-state index contributed by atoms with van der Waals surface area (Å²) in [4.78, 5) is 10.6. The normalized spacial score (nSPS) is 10.3. The van der Waals surface area contributed by atoms with Crippen LogP contribution in [0.3, 0.4) is 0 Å². The van der Waals surface area contributed by atoms with Gasteiger partial charge in [-0.05, 0) is 24.6 Å². The van der Waals surface area contributed by atoms with Crippen molar-refractivity contribution in [1.29, 1.82) is 0 Å². The Bertz CT molecular complexity index is 595. The summed E-state index contributed by atoms with van der Waals surface area (Å²) in [5.41, 5.74) is 0.513. The third-order valence-electron chi connectivity index (χ3n) is 2.44. The second kappa shape index (κ2) is 5.14. The Morgan fingerprint density at radius 2 is 1.63 bits per heavy atom. The first-order valence-electron chi connectivity index (χ1n) is 5.39. The number of hydrogen-bond acceptors (Lipinski definition) is 2. The van der Waals surface area contributed by atoms with E-state index < -0.39 is 17.5 Å². The number of ether oxygens (including phenoxy) is 1. The molecule has 2 aromatic carbocycles. The fraction of sp³-hybridized carbons (Fsp3) is 0.0714. The Hall–Kier alpha value is -2.30. The monoisotopic (exact) mass is 266 g/mol. The largest absolute Gasteiger partial charge is 0.454 e. The second-order valence-corrected chi connectivity index (χ2v) is 3.97. The van der Waals surface area contributed by atoms with Gasteiger partial charge in [0.25, 0.3) is 0 Å². The van der Waals surface area contributed by atoms with E-state index in [0.29, 0.717) is 17.9 Å². The van der Waals surface area contributed by atoms with Crippen molar-refractivity contribution < 1.29 is 22.7 Å². The van der Waals surface area contributed by atoms with Gasteiger partial charge in [-0.1, -0.05) is 0 Å².